The molecule has 112 valence electrons. The second-order valence-electron chi connectivity index (χ2n) is 4.52. The fraction of sp³-hybridized carbons (Fsp3) is 0.533. The molecule has 0 unspecified atom stereocenters. The fourth-order valence-corrected chi connectivity index (χ4v) is 1.68. The van der Waals surface area contributed by atoms with Crippen molar-refractivity contribution in [3.8, 4) is 11.5 Å². The monoisotopic (exact) mass is 281 g/mol. The number of ether oxygens (including phenoxy) is 2. The first-order valence-corrected chi connectivity index (χ1v) is 6.79. The van der Waals surface area contributed by atoms with Crippen molar-refractivity contribution in [1.82, 2.24) is 4.90 Å². The first-order valence-electron chi connectivity index (χ1n) is 6.79. The molecule has 1 aromatic carbocycles. The number of amides is 1. The summed E-state index contributed by atoms with van der Waals surface area (Å²) in [5.41, 5.74) is 0. The lowest BCUT2D eigenvalue weighted by molar-refractivity contribution is -0.130. The van der Waals surface area contributed by atoms with Crippen LogP contribution >= 0.6 is 0 Å². The summed E-state index contributed by atoms with van der Waals surface area (Å²) < 4.78 is 10.6. The van der Waals surface area contributed by atoms with Gasteiger partial charge >= 0.3 is 0 Å². The lowest BCUT2D eigenvalue weighted by atomic mass is 10.2. The van der Waals surface area contributed by atoms with Crippen molar-refractivity contribution in [2.24, 2.45) is 0 Å². The molecule has 0 bridgehead atoms. The first kappa shape index (κ1) is 16.3. The van der Waals surface area contributed by atoms with Gasteiger partial charge in [-0.3, -0.25) is 4.79 Å². The Morgan fingerprint density at radius 3 is 2.45 bits per heavy atom. The van der Waals surface area contributed by atoms with Gasteiger partial charge in [0, 0.05) is 20.1 Å². The Kier molecular flexibility index (Phi) is 7.50. The van der Waals surface area contributed by atoms with Gasteiger partial charge in [0.1, 0.15) is 18.1 Å². The van der Waals surface area contributed by atoms with Crippen molar-refractivity contribution in [2.75, 3.05) is 33.9 Å². The fourth-order valence-electron chi connectivity index (χ4n) is 1.68. The van der Waals surface area contributed by atoms with Gasteiger partial charge < -0.3 is 19.5 Å². The zero-order chi connectivity index (χ0) is 14.8. The summed E-state index contributed by atoms with van der Waals surface area (Å²) in [7, 11) is 3.38. The van der Waals surface area contributed by atoms with Crippen molar-refractivity contribution in [3.05, 3.63) is 24.3 Å². The summed E-state index contributed by atoms with van der Waals surface area (Å²) in [4.78, 5) is 13.4. The van der Waals surface area contributed by atoms with E-state index in [4.69, 9.17) is 14.6 Å². The number of carbonyl (C=O) groups excluding carboxylic acids is 1. The molecule has 0 heterocycles. The number of aliphatic hydroxyl groups is 1. The highest BCUT2D eigenvalue weighted by molar-refractivity contribution is 5.75. The Bertz CT molecular complexity index is 391. The summed E-state index contributed by atoms with van der Waals surface area (Å²) in [6, 6.07) is 7.34. The minimum absolute atomic E-state index is 0.0804. The topological polar surface area (TPSA) is 59.0 Å². The van der Waals surface area contributed by atoms with Gasteiger partial charge in [-0.15, -0.1) is 0 Å². The number of aliphatic hydroxyl groups excluding tert-OH is 1. The van der Waals surface area contributed by atoms with Crippen LogP contribution < -0.4 is 9.47 Å². The quantitative estimate of drug-likeness (QED) is 0.700. The molecule has 5 heteroatoms. The van der Waals surface area contributed by atoms with Gasteiger partial charge in [0.25, 0.3) is 0 Å². The Morgan fingerprint density at radius 2 is 1.85 bits per heavy atom. The van der Waals surface area contributed by atoms with Crippen LogP contribution in [0.1, 0.15) is 19.3 Å². The molecule has 5 nitrogen and oxygen atoms in total. The average Bonchev–Trinajstić information content (AvgIpc) is 2.48. The SMILES string of the molecule is COc1ccc(OCCN(C)C(=O)CCCCO)cc1. The summed E-state index contributed by atoms with van der Waals surface area (Å²) in [5, 5.41) is 8.67. The molecule has 1 rings (SSSR count). The predicted octanol–water partition coefficient (Wildman–Crippen LogP) is 1.70. The molecule has 0 aromatic heterocycles. The molecular formula is C15H23NO4. The molecule has 0 aliphatic carbocycles. The largest absolute Gasteiger partial charge is 0.497 e. The number of carbonyl (C=O) groups is 1. The van der Waals surface area contributed by atoms with Crippen LogP contribution in [0.2, 0.25) is 0 Å². The van der Waals surface area contributed by atoms with Crippen LogP contribution in [0, 0.1) is 0 Å². The Morgan fingerprint density at radius 1 is 1.20 bits per heavy atom. The normalized spacial score (nSPS) is 10.2. The Hall–Kier alpha value is -1.75. The van der Waals surface area contributed by atoms with Crippen molar-refractivity contribution in [1.29, 1.82) is 0 Å². The third-order valence-electron chi connectivity index (χ3n) is 2.98. The number of likely N-dealkylation sites (N-methyl/N-ethyl adjacent to an activating group) is 1. The van der Waals surface area contributed by atoms with E-state index >= 15 is 0 Å². The second-order valence-corrected chi connectivity index (χ2v) is 4.52. The summed E-state index contributed by atoms with van der Waals surface area (Å²) in [5.74, 6) is 1.62. The number of methoxy groups -OCH3 is 1. The third kappa shape index (κ3) is 5.93. The van der Waals surface area contributed by atoms with Crippen LogP contribution in [-0.4, -0.2) is 49.8 Å². The van der Waals surface area contributed by atoms with Gasteiger partial charge in [-0.2, -0.15) is 0 Å². The van der Waals surface area contributed by atoms with Gasteiger partial charge in [-0.05, 0) is 37.1 Å². The summed E-state index contributed by atoms with van der Waals surface area (Å²) in [6.45, 7) is 1.14. The highest BCUT2D eigenvalue weighted by Crippen LogP contribution is 2.16. The molecule has 0 saturated carbocycles. The zero-order valence-corrected chi connectivity index (χ0v) is 12.2. The maximum Gasteiger partial charge on any atom is 0.222 e. The van der Waals surface area contributed by atoms with Gasteiger partial charge in [0.2, 0.25) is 5.91 Å². The number of unbranched alkanes of at least 4 members (excludes halogenated alkanes) is 1. The number of rotatable bonds is 9. The number of hydrogen-bond donors (Lipinski definition) is 1. The van der Waals surface area contributed by atoms with Gasteiger partial charge in [0.15, 0.2) is 0 Å². The average molecular weight is 281 g/mol. The molecule has 1 N–H and O–H groups in total. The maximum absolute atomic E-state index is 11.7. The summed E-state index contributed by atoms with van der Waals surface area (Å²) >= 11 is 0. The van der Waals surface area contributed by atoms with E-state index < -0.39 is 0 Å². The van der Waals surface area contributed by atoms with E-state index in [9.17, 15) is 4.79 Å². The molecular weight excluding hydrogens is 258 g/mol. The van der Waals surface area contributed by atoms with Crippen LogP contribution in [-0.2, 0) is 4.79 Å². The van der Waals surface area contributed by atoms with E-state index in [0.29, 0.717) is 26.0 Å². The lowest BCUT2D eigenvalue weighted by Crippen LogP contribution is -2.30. The standard InChI is InChI=1S/C15H23NO4/c1-16(15(18)5-3-4-11-17)10-12-20-14-8-6-13(19-2)7-9-14/h6-9,17H,3-5,10-12H2,1-2H3. The van der Waals surface area contributed by atoms with E-state index in [0.717, 1.165) is 17.9 Å². The number of hydrogen-bond acceptors (Lipinski definition) is 4. The highest BCUT2D eigenvalue weighted by Gasteiger charge is 2.08. The van der Waals surface area contributed by atoms with Gasteiger partial charge in [-0.25, -0.2) is 0 Å². The second kappa shape index (κ2) is 9.20. The Labute approximate surface area is 120 Å². The molecule has 1 amide bonds. The smallest absolute Gasteiger partial charge is 0.222 e. The third-order valence-corrected chi connectivity index (χ3v) is 2.98. The first-order chi connectivity index (χ1) is 9.67. The van der Waals surface area contributed by atoms with Crippen molar-refractivity contribution in [3.63, 3.8) is 0 Å². The minimum Gasteiger partial charge on any atom is -0.497 e. The number of benzene rings is 1. The van der Waals surface area contributed by atoms with E-state index in [1.165, 1.54) is 0 Å². The van der Waals surface area contributed by atoms with Gasteiger partial charge in [-0.1, -0.05) is 0 Å². The lowest BCUT2D eigenvalue weighted by Gasteiger charge is -2.17. The molecule has 0 aliphatic heterocycles. The van der Waals surface area contributed by atoms with E-state index in [1.54, 1.807) is 19.1 Å². The highest BCUT2D eigenvalue weighted by atomic mass is 16.5. The zero-order valence-electron chi connectivity index (χ0n) is 12.2. The molecule has 0 fully saturated rings. The van der Waals surface area contributed by atoms with E-state index in [1.807, 2.05) is 24.3 Å². The van der Waals surface area contributed by atoms with Crippen molar-refractivity contribution >= 4 is 5.91 Å². The van der Waals surface area contributed by atoms with Crippen LogP contribution in [0.5, 0.6) is 11.5 Å². The molecule has 0 aliphatic rings. The van der Waals surface area contributed by atoms with Crippen molar-refractivity contribution < 1.29 is 19.4 Å². The predicted molar refractivity (Wildman–Crippen MR) is 77.1 cm³/mol. The van der Waals surface area contributed by atoms with E-state index in [-0.39, 0.29) is 12.5 Å². The minimum atomic E-state index is 0.0804. The van der Waals surface area contributed by atoms with Crippen LogP contribution in [0.3, 0.4) is 0 Å². The molecule has 0 spiro atoms. The molecule has 0 saturated heterocycles. The molecule has 0 radical (unpaired) electrons. The molecule has 20 heavy (non-hydrogen) atoms. The van der Waals surface area contributed by atoms with Gasteiger partial charge in [0.05, 0.1) is 13.7 Å². The van der Waals surface area contributed by atoms with Crippen LogP contribution in [0.4, 0.5) is 0 Å². The molecule has 1 aromatic rings. The number of nitrogens with zero attached hydrogens (tertiary/aromatic N) is 1. The van der Waals surface area contributed by atoms with Crippen LogP contribution in [0.15, 0.2) is 24.3 Å². The van der Waals surface area contributed by atoms with Crippen molar-refractivity contribution in [2.45, 2.75) is 19.3 Å². The maximum atomic E-state index is 11.7. The Balaban J connectivity index is 2.23. The summed E-state index contributed by atoms with van der Waals surface area (Å²) in [6.07, 6.45) is 1.86. The molecule has 0 atom stereocenters. The van der Waals surface area contributed by atoms with Crippen LogP contribution in [0.25, 0.3) is 0 Å². The van der Waals surface area contributed by atoms with E-state index in [2.05, 4.69) is 0 Å².